The molecule has 4 heteroatoms. The van der Waals surface area contributed by atoms with Gasteiger partial charge in [0.15, 0.2) is 0 Å². The Bertz CT molecular complexity index is 281. The van der Waals surface area contributed by atoms with E-state index in [4.69, 9.17) is 11.6 Å². The van der Waals surface area contributed by atoms with E-state index in [1.54, 1.807) is 0 Å². The van der Waals surface area contributed by atoms with Crippen LogP contribution in [0.5, 0.6) is 0 Å². The van der Waals surface area contributed by atoms with Gasteiger partial charge in [-0.05, 0) is 32.6 Å². The maximum absolute atomic E-state index is 12.2. The fourth-order valence-electron chi connectivity index (χ4n) is 2.28. The van der Waals surface area contributed by atoms with Gasteiger partial charge in [0.05, 0.1) is 5.41 Å². The van der Waals surface area contributed by atoms with Gasteiger partial charge in [0.2, 0.25) is 5.91 Å². The second-order valence-corrected chi connectivity index (χ2v) is 6.32. The van der Waals surface area contributed by atoms with E-state index in [0.29, 0.717) is 5.88 Å². The summed E-state index contributed by atoms with van der Waals surface area (Å²) in [5.74, 6) is 1.55. The van der Waals surface area contributed by atoms with Crippen molar-refractivity contribution < 1.29 is 4.79 Å². The topological polar surface area (TPSA) is 23.6 Å². The lowest BCUT2D eigenvalue weighted by Crippen LogP contribution is -2.52. The summed E-state index contributed by atoms with van der Waals surface area (Å²) >= 11 is 5.86. The maximum atomic E-state index is 12.2. The van der Waals surface area contributed by atoms with Crippen LogP contribution in [0.4, 0.5) is 0 Å². The van der Waals surface area contributed by atoms with Gasteiger partial charge in [-0.1, -0.05) is 0 Å². The third-order valence-electron chi connectivity index (χ3n) is 3.79. The number of nitrogens with zero attached hydrogens (tertiary/aromatic N) is 2. The minimum absolute atomic E-state index is 0.207. The largest absolute Gasteiger partial charge is 0.340 e. The Balaban J connectivity index is 1.79. The first-order valence-electron chi connectivity index (χ1n) is 6.60. The van der Waals surface area contributed by atoms with Gasteiger partial charge >= 0.3 is 0 Å². The van der Waals surface area contributed by atoms with Gasteiger partial charge in [0.1, 0.15) is 0 Å². The predicted molar refractivity (Wildman–Crippen MR) is 70.2 cm³/mol. The van der Waals surface area contributed by atoms with Gasteiger partial charge in [-0.15, -0.1) is 11.6 Å². The van der Waals surface area contributed by atoms with Crippen molar-refractivity contribution in [2.75, 3.05) is 38.6 Å². The van der Waals surface area contributed by atoms with Crippen LogP contribution in [0.15, 0.2) is 0 Å². The lowest BCUT2D eigenvalue weighted by Gasteiger charge is -2.38. The molecule has 2 rings (SSSR count). The third-order valence-corrected chi connectivity index (χ3v) is 4.45. The molecule has 0 spiro atoms. The smallest absolute Gasteiger partial charge is 0.229 e. The molecule has 2 aliphatic rings. The lowest BCUT2D eigenvalue weighted by atomic mass is 9.94. The van der Waals surface area contributed by atoms with Crippen LogP contribution in [0.25, 0.3) is 0 Å². The Morgan fingerprint density at radius 1 is 1.24 bits per heavy atom. The van der Waals surface area contributed by atoms with Gasteiger partial charge in [-0.25, -0.2) is 0 Å². The molecule has 0 aromatic carbocycles. The molecule has 1 amide bonds. The van der Waals surface area contributed by atoms with Crippen LogP contribution in [0.1, 0.15) is 26.7 Å². The molecule has 1 saturated carbocycles. The van der Waals surface area contributed by atoms with Crippen molar-refractivity contribution >= 4 is 17.5 Å². The van der Waals surface area contributed by atoms with Crippen molar-refractivity contribution in [3.63, 3.8) is 0 Å². The summed E-state index contributed by atoms with van der Waals surface area (Å²) < 4.78 is 0. The standard InChI is InChI=1S/C13H23ClN2O/c1-13(2,10-14)12(17)16-7-5-15(6-8-16)9-11-3-4-11/h11H,3-10H2,1-2H3. The third kappa shape index (κ3) is 3.35. The molecule has 1 saturated heterocycles. The zero-order chi connectivity index (χ0) is 12.5. The van der Waals surface area contributed by atoms with Crippen molar-refractivity contribution in [2.24, 2.45) is 11.3 Å². The summed E-state index contributed by atoms with van der Waals surface area (Å²) in [5, 5.41) is 0. The Kier molecular flexibility index (Phi) is 3.99. The van der Waals surface area contributed by atoms with Crippen molar-refractivity contribution in [2.45, 2.75) is 26.7 Å². The fourth-order valence-corrected chi connectivity index (χ4v) is 2.40. The summed E-state index contributed by atoms with van der Waals surface area (Å²) in [6.07, 6.45) is 2.80. The summed E-state index contributed by atoms with van der Waals surface area (Å²) in [7, 11) is 0. The Labute approximate surface area is 109 Å². The van der Waals surface area contributed by atoms with Crippen LogP contribution < -0.4 is 0 Å². The molecule has 1 aliphatic heterocycles. The van der Waals surface area contributed by atoms with Gasteiger partial charge in [0.25, 0.3) is 0 Å². The first-order chi connectivity index (χ1) is 8.03. The second kappa shape index (κ2) is 5.15. The molecular formula is C13H23ClN2O. The number of piperazine rings is 1. The SMILES string of the molecule is CC(C)(CCl)C(=O)N1CCN(CC2CC2)CC1. The minimum atomic E-state index is -0.416. The lowest BCUT2D eigenvalue weighted by molar-refractivity contribution is -0.141. The molecule has 0 atom stereocenters. The van der Waals surface area contributed by atoms with Crippen LogP contribution in [-0.4, -0.2) is 54.3 Å². The van der Waals surface area contributed by atoms with Crippen molar-refractivity contribution in [3.05, 3.63) is 0 Å². The van der Waals surface area contributed by atoms with Crippen LogP contribution in [0.3, 0.4) is 0 Å². The van der Waals surface area contributed by atoms with Gasteiger partial charge in [-0.2, -0.15) is 0 Å². The fraction of sp³-hybridized carbons (Fsp3) is 0.923. The molecule has 1 heterocycles. The van der Waals surface area contributed by atoms with Crippen molar-refractivity contribution in [1.29, 1.82) is 0 Å². The zero-order valence-electron chi connectivity index (χ0n) is 10.9. The molecule has 1 aliphatic carbocycles. The highest BCUT2D eigenvalue weighted by Gasteiger charge is 2.33. The first kappa shape index (κ1) is 13.2. The molecule has 0 radical (unpaired) electrons. The number of carbonyl (C=O) groups excluding carboxylic acids is 1. The van der Waals surface area contributed by atoms with E-state index in [-0.39, 0.29) is 5.91 Å². The number of hydrogen-bond acceptors (Lipinski definition) is 2. The maximum Gasteiger partial charge on any atom is 0.229 e. The summed E-state index contributed by atoms with van der Waals surface area (Å²) in [5.41, 5.74) is -0.416. The van der Waals surface area contributed by atoms with E-state index in [9.17, 15) is 4.79 Å². The summed E-state index contributed by atoms with van der Waals surface area (Å²) in [6.45, 7) is 8.89. The highest BCUT2D eigenvalue weighted by molar-refractivity contribution is 6.19. The Morgan fingerprint density at radius 3 is 2.29 bits per heavy atom. The Hall–Kier alpha value is -0.280. The van der Waals surface area contributed by atoms with Crippen LogP contribution >= 0.6 is 11.6 Å². The molecule has 2 fully saturated rings. The van der Waals surface area contributed by atoms with Crippen LogP contribution in [0, 0.1) is 11.3 Å². The molecule has 17 heavy (non-hydrogen) atoms. The highest BCUT2D eigenvalue weighted by Crippen LogP contribution is 2.30. The first-order valence-corrected chi connectivity index (χ1v) is 7.14. The van der Waals surface area contributed by atoms with E-state index in [1.807, 2.05) is 18.7 Å². The molecule has 0 N–H and O–H groups in total. The average molecular weight is 259 g/mol. The number of amides is 1. The highest BCUT2D eigenvalue weighted by atomic mass is 35.5. The number of halogens is 1. The van der Waals surface area contributed by atoms with Gasteiger partial charge in [0, 0.05) is 38.6 Å². The van der Waals surface area contributed by atoms with E-state index in [1.165, 1.54) is 19.4 Å². The molecule has 98 valence electrons. The molecule has 0 bridgehead atoms. The second-order valence-electron chi connectivity index (χ2n) is 6.05. The average Bonchev–Trinajstić information content (AvgIpc) is 3.13. The molecule has 3 nitrogen and oxygen atoms in total. The number of rotatable bonds is 4. The molecule has 0 aromatic heterocycles. The van der Waals surface area contributed by atoms with Crippen LogP contribution in [-0.2, 0) is 4.79 Å². The Morgan fingerprint density at radius 2 is 1.82 bits per heavy atom. The molecule has 0 aromatic rings. The number of hydrogen-bond donors (Lipinski definition) is 0. The van der Waals surface area contributed by atoms with Gasteiger partial charge in [-0.3, -0.25) is 9.69 Å². The van der Waals surface area contributed by atoms with E-state index in [0.717, 1.165) is 32.1 Å². The summed E-state index contributed by atoms with van der Waals surface area (Å²) in [6, 6.07) is 0. The normalized spacial score (nSPS) is 22.9. The zero-order valence-corrected chi connectivity index (χ0v) is 11.7. The quantitative estimate of drug-likeness (QED) is 0.718. The molecular weight excluding hydrogens is 236 g/mol. The van der Waals surface area contributed by atoms with E-state index in [2.05, 4.69) is 4.90 Å². The van der Waals surface area contributed by atoms with E-state index >= 15 is 0 Å². The molecule has 0 unspecified atom stereocenters. The minimum Gasteiger partial charge on any atom is -0.340 e. The predicted octanol–water partition coefficient (Wildman–Crippen LogP) is 1.81. The van der Waals surface area contributed by atoms with Crippen molar-refractivity contribution in [1.82, 2.24) is 9.80 Å². The van der Waals surface area contributed by atoms with Crippen molar-refractivity contribution in [3.8, 4) is 0 Å². The number of alkyl halides is 1. The monoisotopic (exact) mass is 258 g/mol. The van der Waals surface area contributed by atoms with Crippen LogP contribution in [0.2, 0.25) is 0 Å². The van der Waals surface area contributed by atoms with Gasteiger partial charge < -0.3 is 4.90 Å². The number of carbonyl (C=O) groups is 1. The van der Waals surface area contributed by atoms with E-state index < -0.39 is 5.41 Å². The summed E-state index contributed by atoms with van der Waals surface area (Å²) in [4.78, 5) is 16.7.